The van der Waals surface area contributed by atoms with Gasteiger partial charge in [-0.1, -0.05) is 173 Å². The minimum Gasteiger partial charge on any atom is -0.456 e. The van der Waals surface area contributed by atoms with Gasteiger partial charge in [-0.25, -0.2) is 4.39 Å². The minimum absolute atomic E-state index is 0.0135. The van der Waals surface area contributed by atoms with E-state index < -0.39 is 8.07 Å². The normalized spacial score (nSPS) is 22.2. The van der Waals surface area contributed by atoms with Gasteiger partial charge >= 0.3 is 0 Å². The largest absolute Gasteiger partial charge is 0.456 e. The highest BCUT2D eigenvalue weighted by molar-refractivity contribution is 6.97. The molecular formula is C70H75BFN3OSi. The van der Waals surface area contributed by atoms with Crippen LogP contribution in [0.2, 0.25) is 19.6 Å². The molecule has 2 unspecified atom stereocenters. The van der Waals surface area contributed by atoms with E-state index in [2.05, 4.69) is 201 Å². The summed E-state index contributed by atoms with van der Waals surface area (Å²) in [6.07, 6.45) is 6.93. The van der Waals surface area contributed by atoms with Crippen molar-refractivity contribution in [2.24, 2.45) is 0 Å². The van der Waals surface area contributed by atoms with Gasteiger partial charge in [-0.15, -0.1) is 0 Å². The summed E-state index contributed by atoms with van der Waals surface area (Å²) in [6, 6.07) is 47.2. The van der Waals surface area contributed by atoms with Gasteiger partial charge in [0.25, 0.3) is 0 Å². The van der Waals surface area contributed by atoms with Crippen LogP contribution in [0.15, 0.2) is 137 Å². The lowest BCUT2D eigenvalue weighted by Gasteiger charge is -2.53. The number of furan rings is 1. The lowest BCUT2D eigenvalue weighted by atomic mass is 9.30. The molecule has 0 spiro atoms. The van der Waals surface area contributed by atoms with Crippen LogP contribution < -0.4 is 30.8 Å². The van der Waals surface area contributed by atoms with Gasteiger partial charge in [0.1, 0.15) is 17.0 Å². The minimum atomic E-state index is -1.86. The SMILES string of the molecule is CC(C)(C)c1ccc(N2C3=C(B4c5cc([Si](C)(C)C)cc6c5N(c5cc(N(c7ccc8c(c7)oc7ccccc78)c7ccccc7F)cc2c54)C2(C)CCCCC62C)C(C)(C)c2cc4c(cc23)C(C)(C)CCC4(C)C)cc1. The lowest BCUT2D eigenvalue weighted by Crippen LogP contribution is -2.62. The molecule has 0 saturated heterocycles. The number of anilines is 7. The van der Waals surface area contributed by atoms with E-state index in [9.17, 15) is 0 Å². The molecule has 4 heterocycles. The highest BCUT2D eigenvalue weighted by Crippen LogP contribution is 2.65. The second-order valence-electron chi connectivity index (χ2n) is 28.5. The van der Waals surface area contributed by atoms with Crippen LogP contribution in [-0.2, 0) is 27.1 Å². The molecule has 3 aliphatic carbocycles. The van der Waals surface area contributed by atoms with Crippen LogP contribution in [0, 0.1) is 5.82 Å². The Morgan fingerprint density at radius 3 is 2.00 bits per heavy atom. The van der Waals surface area contributed by atoms with E-state index in [1.165, 1.54) is 79.7 Å². The number of fused-ring (bicyclic) bond motifs is 12. The van der Waals surface area contributed by atoms with E-state index in [0.717, 1.165) is 70.4 Å². The zero-order valence-electron chi connectivity index (χ0n) is 48.1. The number of para-hydroxylation sites is 2. The van der Waals surface area contributed by atoms with E-state index in [4.69, 9.17) is 4.42 Å². The summed E-state index contributed by atoms with van der Waals surface area (Å²) in [6.45, 7) is 34.7. The van der Waals surface area contributed by atoms with Crippen LogP contribution in [-0.4, -0.2) is 20.3 Å². The van der Waals surface area contributed by atoms with E-state index in [1.807, 2.05) is 24.3 Å². The maximum atomic E-state index is 17.2. The molecule has 1 saturated carbocycles. The number of hydrogen-bond donors (Lipinski definition) is 0. The Labute approximate surface area is 458 Å². The summed E-state index contributed by atoms with van der Waals surface area (Å²) in [5, 5.41) is 3.67. The average molecular weight is 1030 g/mol. The monoisotopic (exact) mass is 1030 g/mol. The average Bonchev–Trinajstić information content (AvgIpc) is 2.94. The topological polar surface area (TPSA) is 22.9 Å². The first-order valence-electron chi connectivity index (χ1n) is 28.8. The van der Waals surface area contributed by atoms with Gasteiger partial charge in [0, 0.05) is 67.4 Å². The van der Waals surface area contributed by atoms with Crippen molar-refractivity contribution in [2.45, 2.75) is 167 Å². The molecule has 4 nitrogen and oxygen atoms in total. The molecule has 0 N–H and O–H groups in total. The zero-order chi connectivity index (χ0) is 53.9. The molecule has 7 heteroatoms. The number of allylic oxidation sites excluding steroid dienone is 1. The van der Waals surface area contributed by atoms with Gasteiger partial charge < -0.3 is 19.1 Å². The lowest BCUT2D eigenvalue weighted by molar-refractivity contribution is 0.195. The van der Waals surface area contributed by atoms with Crippen molar-refractivity contribution in [3.63, 3.8) is 0 Å². The summed E-state index contributed by atoms with van der Waals surface area (Å²) in [4.78, 5) is 7.71. The van der Waals surface area contributed by atoms with Gasteiger partial charge in [0.05, 0.1) is 25.0 Å². The second-order valence-corrected chi connectivity index (χ2v) is 33.6. The summed E-state index contributed by atoms with van der Waals surface area (Å²) in [5.41, 5.74) is 22.5. The summed E-state index contributed by atoms with van der Waals surface area (Å²) >= 11 is 0. The van der Waals surface area contributed by atoms with Crippen molar-refractivity contribution in [3.05, 3.63) is 172 Å². The molecule has 7 aromatic carbocycles. The summed E-state index contributed by atoms with van der Waals surface area (Å²) < 4.78 is 23.8. The van der Waals surface area contributed by atoms with Crippen LogP contribution in [0.5, 0.6) is 0 Å². The van der Waals surface area contributed by atoms with Crippen molar-refractivity contribution in [3.8, 4) is 0 Å². The predicted octanol–water partition coefficient (Wildman–Crippen LogP) is 17.4. The third-order valence-corrected chi connectivity index (χ3v) is 22.6. The highest BCUT2D eigenvalue weighted by atomic mass is 28.3. The van der Waals surface area contributed by atoms with E-state index in [0.29, 0.717) is 5.69 Å². The number of rotatable bonds is 5. The quantitative estimate of drug-likeness (QED) is 0.160. The van der Waals surface area contributed by atoms with Crippen LogP contribution >= 0.6 is 0 Å². The smallest absolute Gasteiger partial charge is 0.248 e. The number of halogens is 1. The van der Waals surface area contributed by atoms with Crippen LogP contribution in [0.1, 0.15) is 148 Å². The maximum Gasteiger partial charge on any atom is 0.248 e. The fourth-order valence-electron chi connectivity index (χ4n) is 15.8. The molecule has 1 aromatic heterocycles. The van der Waals surface area contributed by atoms with Crippen LogP contribution in [0.25, 0.3) is 27.6 Å². The van der Waals surface area contributed by atoms with Gasteiger partial charge in [-0.2, -0.15) is 0 Å². The first kappa shape index (κ1) is 49.0. The fraction of sp³-hybridized carbons (Fsp3) is 0.371. The van der Waals surface area contributed by atoms with Gasteiger partial charge in [0.2, 0.25) is 6.71 Å². The molecule has 8 aromatic rings. The standard InChI is InChI=1S/C70H75BFN3OSi/c1-65(2,3)42-25-27-43(28-26-42)74-57-35-45(73(56-23-17-16-22-55(56)72)44-29-30-48-47-21-15-18-24-59(47)76-60(48)37-44)36-58-61(57)71(54-39-46(77(12,13)14)38-53-63(54)75(58)70(11)32-20-19-31-69(53,70)10)64-62(74)49-40-51-52(41-50(49)68(64,8)9)67(6,7)34-33-66(51,4)5/h15-18,21-30,35-41H,19-20,31-34H2,1-14H3. The molecule has 0 bridgehead atoms. The maximum absolute atomic E-state index is 17.2. The number of nitrogens with zero attached hydrogens (tertiary/aromatic N) is 3. The summed E-state index contributed by atoms with van der Waals surface area (Å²) in [7, 11) is -1.86. The van der Waals surface area contributed by atoms with E-state index in [1.54, 1.807) is 17.3 Å². The van der Waals surface area contributed by atoms with Crippen LogP contribution in [0.4, 0.5) is 44.2 Å². The molecule has 77 heavy (non-hydrogen) atoms. The molecule has 0 radical (unpaired) electrons. The Kier molecular flexibility index (Phi) is 10.00. The van der Waals surface area contributed by atoms with E-state index >= 15 is 4.39 Å². The summed E-state index contributed by atoms with van der Waals surface area (Å²) in [5.74, 6) is -0.276. The molecular weight excluding hydrogens is 957 g/mol. The molecule has 14 rings (SSSR count). The molecule has 2 atom stereocenters. The molecule has 6 aliphatic rings. The Balaban J connectivity index is 1.14. The first-order chi connectivity index (χ1) is 36.3. The van der Waals surface area contributed by atoms with Gasteiger partial charge in [-0.05, 0) is 148 Å². The third-order valence-electron chi connectivity index (χ3n) is 20.6. The Morgan fingerprint density at radius 1 is 0.623 bits per heavy atom. The highest BCUT2D eigenvalue weighted by Gasteiger charge is 2.63. The fourth-order valence-corrected chi connectivity index (χ4v) is 17.0. The molecule has 3 aliphatic heterocycles. The Morgan fingerprint density at radius 2 is 1.29 bits per heavy atom. The van der Waals surface area contributed by atoms with Crippen LogP contribution in [0.3, 0.4) is 0 Å². The zero-order valence-corrected chi connectivity index (χ0v) is 49.1. The number of hydrogen-bond acceptors (Lipinski definition) is 4. The number of benzene rings is 7. The molecule has 390 valence electrons. The van der Waals surface area contributed by atoms with Crippen molar-refractivity contribution < 1.29 is 8.81 Å². The molecule has 1 fully saturated rings. The van der Waals surface area contributed by atoms with Crippen molar-refractivity contribution >= 4 is 98.3 Å². The first-order valence-corrected chi connectivity index (χ1v) is 32.3. The van der Waals surface area contributed by atoms with Crippen molar-refractivity contribution in [1.29, 1.82) is 0 Å². The van der Waals surface area contributed by atoms with Crippen molar-refractivity contribution in [2.75, 3.05) is 14.7 Å². The second kappa shape index (κ2) is 15.7. The van der Waals surface area contributed by atoms with Gasteiger partial charge in [-0.3, -0.25) is 0 Å². The Hall–Kier alpha value is -6.31. The molecule has 0 amide bonds. The van der Waals surface area contributed by atoms with Gasteiger partial charge in [0.15, 0.2) is 0 Å². The Bertz CT molecular complexity index is 3900. The van der Waals surface area contributed by atoms with E-state index in [-0.39, 0.29) is 45.1 Å². The van der Waals surface area contributed by atoms with Crippen molar-refractivity contribution in [1.82, 2.24) is 0 Å². The third kappa shape index (κ3) is 6.62. The predicted molar refractivity (Wildman–Crippen MR) is 328 cm³/mol.